The van der Waals surface area contributed by atoms with Gasteiger partial charge in [0.05, 0.1) is 4.47 Å². The quantitative estimate of drug-likeness (QED) is 0.660. The molecular formula is C16H26BrCl2FN2. The average molecular weight is 416 g/mol. The van der Waals surface area contributed by atoms with Gasteiger partial charge in [0.15, 0.2) is 0 Å². The number of nitrogens with zero attached hydrogens (tertiary/aromatic N) is 1. The standard InChI is InChI=1S/C16H24BrFN2.2ClH/c1-2-3-4-5-16(20-10-8-19-9-11-20)13-6-7-14(17)15(18)12-13;;/h6-7,12,16,19H,2-5,8-11H2,1H3;2*1H/t16-;;/m0../s1. The Bertz CT molecular complexity index is 429. The number of benzene rings is 1. The van der Waals surface area contributed by atoms with Crippen LogP contribution in [0.1, 0.15) is 44.2 Å². The van der Waals surface area contributed by atoms with Gasteiger partial charge < -0.3 is 5.32 Å². The number of nitrogens with one attached hydrogen (secondary N) is 1. The van der Waals surface area contributed by atoms with E-state index >= 15 is 0 Å². The molecule has 0 saturated carbocycles. The molecule has 1 fully saturated rings. The summed E-state index contributed by atoms with van der Waals surface area (Å²) in [6.45, 7) is 6.38. The molecule has 0 aromatic heterocycles. The van der Waals surface area contributed by atoms with Crippen molar-refractivity contribution < 1.29 is 4.39 Å². The zero-order valence-electron chi connectivity index (χ0n) is 13.0. The summed E-state index contributed by atoms with van der Waals surface area (Å²) < 4.78 is 14.4. The monoisotopic (exact) mass is 414 g/mol. The first-order valence-corrected chi connectivity index (χ1v) is 8.41. The summed E-state index contributed by atoms with van der Waals surface area (Å²) in [6.07, 6.45) is 4.81. The number of halogens is 4. The molecule has 0 bridgehead atoms. The Morgan fingerprint density at radius 1 is 1.23 bits per heavy atom. The fourth-order valence-corrected chi connectivity index (χ4v) is 3.11. The van der Waals surface area contributed by atoms with Crippen molar-refractivity contribution in [3.63, 3.8) is 0 Å². The van der Waals surface area contributed by atoms with Gasteiger partial charge >= 0.3 is 0 Å². The fourth-order valence-electron chi connectivity index (χ4n) is 2.86. The molecule has 2 nitrogen and oxygen atoms in total. The Morgan fingerprint density at radius 3 is 2.50 bits per heavy atom. The van der Waals surface area contributed by atoms with E-state index in [0.29, 0.717) is 10.5 Å². The molecule has 0 unspecified atom stereocenters. The van der Waals surface area contributed by atoms with Gasteiger partial charge in [0.1, 0.15) is 5.82 Å². The third-order valence-electron chi connectivity index (χ3n) is 4.00. The maximum absolute atomic E-state index is 13.8. The normalized spacial score (nSPS) is 16.5. The van der Waals surface area contributed by atoms with Gasteiger partial charge in [0.25, 0.3) is 0 Å². The molecule has 1 N–H and O–H groups in total. The van der Waals surface area contributed by atoms with Crippen LogP contribution in [-0.4, -0.2) is 31.1 Å². The van der Waals surface area contributed by atoms with Gasteiger partial charge in [-0.15, -0.1) is 24.8 Å². The van der Waals surface area contributed by atoms with Crippen LogP contribution in [0.15, 0.2) is 22.7 Å². The van der Waals surface area contributed by atoms with Crippen molar-refractivity contribution in [1.29, 1.82) is 0 Å². The molecule has 6 heteroatoms. The zero-order valence-corrected chi connectivity index (χ0v) is 16.2. The van der Waals surface area contributed by atoms with Crippen LogP contribution < -0.4 is 5.32 Å². The Kier molecular flexibility index (Phi) is 11.7. The average Bonchev–Trinajstić information content (AvgIpc) is 2.48. The van der Waals surface area contributed by atoms with Gasteiger partial charge in [-0.25, -0.2) is 4.39 Å². The Labute approximate surface area is 154 Å². The first kappa shape index (κ1) is 22.1. The molecule has 1 aliphatic rings. The third kappa shape index (κ3) is 6.32. The molecule has 128 valence electrons. The van der Waals surface area contributed by atoms with Crippen LogP contribution in [-0.2, 0) is 0 Å². The topological polar surface area (TPSA) is 15.3 Å². The molecule has 1 aromatic carbocycles. The Morgan fingerprint density at radius 2 is 1.91 bits per heavy atom. The zero-order chi connectivity index (χ0) is 14.4. The molecule has 1 aromatic rings. The number of hydrogen-bond donors (Lipinski definition) is 1. The number of rotatable bonds is 6. The van der Waals surface area contributed by atoms with Gasteiger partial charge in [-0.05, 0) is 40.0 Å². The highest BCUT2D eigenvalue weighted by Crippen LogP contribution is 2.29. The van der Waals surface area contributed by atoms with Crippen LogP contribution in [0.3, 0.4) is 0 Å². The maximum Gasteiger partial charge on any atom is 0.137 e. The van der Waals surface area contributed by atoms with Crippen LogP contribution >= 0.6 is 40.7 Å². The van der Waals surface area contributed by atoms with E-state index in [2.05, 4.69) is 39.1 Å². The highest BCUT2D eigenvalue weighted by Gasteiger charge is 2.22. The van der Waals surface area contributed by atoms with Gasteiger partial charge in [-0.1, -0.05) is 32.3 Å². The first-order chi connectivity index (χ1) is 9.72. The second-order valence-corrected chi connectivity index (χ2v) is 6.33. The largest absolute Gasteiger partial charge is 0.314 e. The van der Waals surface area contributed by atoms with E-state index in [4.69, 9.17) is 0 Å². The number of piperazine rings is 1. The Hall–Kier alpha value is 0.130. The summed E-state index contributed by atoms with van der Waals surface area (Å²) in [4.78, 5) is 2.49. The fraction of sp³-hybridized carbons (Fsp3) is 0.625. The van der Waals surface area contributed by atoms with Crippen molar-refractivity contribution >= 4 is 40.7 Å². The van der Waals surface area contributed by atoms with Crippen LogP contribution in [0.5, 0.6) is 0 Å². The molecule has 0 aliphatic carbocycles. The molecule has 2 rings (SSSR count). The minimum absolute atomic E-state index is 0. The predicted octanol–water partition coefficient (Wildman–Crippen LogP) is 4.96. The van der Waals surface area contributed by atoms with Gasteiger partial charge in [-0.3, -0.25) is 4.90 Å². The van der Waals surface area contributed by atoms with E-state index in [1.165, 1.54) is 19.3 Å². The molecule has 0 amide bonds. The molecule has 0 radical (unpaired) electrons. The minimum atomic E-state index is -0.155. The van der Waals surface area contributed by atoms with Crippen molar-refractivity contribution in [3.05, 3.63) is 34.1 Å². The highest BCUT2D eigenvalue weighted by molar-refractivity contribution is 9.10. The van der Waals surface area contributed by atoms with E-state index in [1.54, 1.807) is 6.07 Å². The molecule has 1 aliphatic heterocycles. The second kappa shape index (κ2) is 11.6. The van der Waals surface area contributed by atoms with Crippen molar-refractivity contribution in [2.24, 2.45) is 0 Å². The van der Waals surface area contributed by atoms with Crippen molar-refractivity contribution in [3.8, 4) is 0 Å². The summed E-state index contributed by atoms with van der Waals surface area (Å²) in [5, 5.41) is 3.39. The molecular weight excluding hydrogens is 390 g/mol. The predicted molar refractivity (Wildman–Crippen MR) is 99.9 cm³/mol. The molecule has 1 saturated heterocycles. The Balaban J connectivity index is 0.00000220. The summed E-state index contributed by atoms with van der Waals surface area (Å²) in [5.74, 6) is -0.155. The number of unbranched alkanes of at least 4 members (excludes halogenated alkanes) is 2. The molecule has 1 heterocycles. The lowest BCUT2D eigenvalue weighted by atomic mass is 9.98. The van der Waals surface area contributed by atoms with Crippen LogP contribution in [0, 0.1) is 5.82 Å². The molecule has 1 atom stereocenters. The second-order valence-electron chi connectivity index (χ2n) is 5.47. The number of hydrogen-bond acceptors (Lipinski definition) is 2. The summed E-state index contributed by atoms with van der Waals surface area (Å²) in [5.41, 5.74) is 1.11. The van der Waals surface area contributed by atoms with Gasteiger partial charge in [-0.2, -0.15) is 0 Å². The lowest BCUT2D eigenvalue weighted by Crippen LogP contribution is -2.45. The van der Waals surface area contributed by atoms with Gasteiger partial charge in [0, 0.05) is 32.2 Å². The van der Waals surface area contributed by atoms with Gasteiger partial charge in [0.2, 0.25) is 0 Å². The van der Waals surface area contributed by atoms with E-state index in [1.807, 2.05) is 6.07 Å². The van der Waals surface area contributed by atoms with E-state index < -0.39 is 0 Å². The third-order valence-corrected chi connectivity index (χ3v) is 4.65. The van der Waals surface area contributed by atoms with Crippen molar-refractivity contribution in [2.75, 3.05) is 26.2 Å². The van der Waals surface area contributed by atoms with E-state index in [0.717, 1.165) is 38.2 Å². The smallest absolute Gasteiger partial charge is 0.137 e. The van der Waals surface area contributed by atoms with E-state index in [9.17, 15) is 4.39 Å². The lowest BCUT2D eigenvalue weighted by molar-refractivity contribution is 0.162. The highest BCUT2D eigenvalue weighted by atomic mass is 79.9. The summed E-state index contributed by atoms with van der Waals surface area (Å²) in [6, 6.07) is 5.94. The van der Waals surface area contributed by atoms with Crippen molar-refractivity contribution in [2.45, 2.75) is 38.6 Å². The first-order valence-electron chi connectivity index (χ1n) is 7.62. The summed E-state index contributed by atoms with van der Waals surface area (Å²) in [7, 11) is 0. The van der Waals surface area contributed by atoms with Crippen LogP contribution in [0.25, 0.3) is 0 Å². The molecule has 22 heavy (non-hydrogen) atoms. The van der Waals surface area contributed by atoms with Crippen LogP contribution in [0.4, 0.5) is 4.39 Å². The summed E-state index contributed by atoms with van der Waals surface area (Å²) >= 11 is 3.24. The minimum Gasteiger partial charge on any atom is -0.314 e. The SMILES string of the molecule is CCCCC[C@@H](c1ccc(Br)c(F)c1)N1CCNCC1.Cl.Cl. The lowest BCUT2D eigenvalue weighted by Gasteiger charge is -2.35. The molecule has 0 spiro atoms. The van der Waals surface area contributed by atoms with Crippen molar-refractivity contribution in [1.82, 2.24) is 10.2 Å². The van der Waals surface area contributed by atoms with Crippen LogP contribution in [0.2, 0.25) is 0 Å². The maximum atomic E-state index is 13.8. The van der Waals surface area contributed by atoms with E-state index in [-0.39, 0.29) is 30.6 Å².